The van der Waals surface area contributed by atoms with Crippen molar-refractivity contribution in [3.63, 3.8) is 0 Å². The molecular formula is C8H10N2O3. The quantitative estimate of drug-likeness (QED) is 0.432. The van der Waals surface area contributed by atoms with E-state index in [1.165, 1.54) is 0 Å². The third-order valence-corrected chi connectivity index (χ3v) is 1.89. The van der Waals surface area contributed by atoms with Gasteiger partial charge in [-0.2, -0.15) is 0 Å². The molecule has 1 heterocycles. The van der Waals surface area contributed by atoms with E-state index in [0.29, 0.717) is 12.1 Å². The first-order valence-corrected chi connectivity index (χ1v) is 3.67. The van der Waals surface area contributed by atoms with Crippen molar-refractivity contribution in [3.05, 3.63) is 29.0 Å². The van der Waals surface area contributed by atoms with Gasteiger partial charge in [0.25, 0.3) is 0 Å². The number of carbonyl (C=O) groups excluding carboxylic acids is 1. The van der Waals surface area contributed by atoms with E-state index in [-0.39, 0.29) is 11.4 Å². The Bertz CT molecular complexity index is 338. The van der Waals surface area contributed by atoms with Gasteiger partial charge in [0.2, 0.25) is 5.91 Å². The lowest BCUT2D eigenvalue weighted by Gasteiger charge is -2.02. The van der Waals surface area contributed by atoms with Gasteiger partial charge < -0.3 is 21.5 Å². The number of anilines is 1. The Morgan fingerprint density at radius 2 is 2.23 bits per heavy atom. The van der Waals surface area contributed by atoms with Crippen LogP contribution < -0.4 is 10.8 Å². The zero-order valence-corrected chi connectivity index (χ0v) is 6.83. The molecule has 0 radical (unpaired) electrons. The van der Waals surface area contributed by atoms with E-state index in [1.54, 1.807) is 18.2 Å². The summed E-state index contributed by atoms with van der Waals surface area (Å²) in [5.74, 6) is -0.00644. The fraction of sp³-hybridized carbons (Fsp3) is 0.125. The topological polar surface area (TPSA) is 100 Å². The number of benzene rings is 1. The third-order valence-electron chi connectivity index (χ3n) is 1.89. The van der Waals surface area contributed by atoms with Crippen molar-refractivity contribution in [3.8, 4) is 0 Å². The van der Waals surface area contributed by atoms with Crippen molar-refractivity contribution in [2.24, 2.45) is 0 Å². The third kappa shape index (κ3) is 1.67. The van der Waals surface area contributed by atoms with Gasteiger partial charge in [0.05, 0.1) is 6.42 Å². The molecule has 1 aromatic rings. The van der Waals surface area contributed by atoms with Gasteiger partial charge in [-0.3, -0.25) is 4.79 Å². The molecule has 0 spiro atoms. The van der Waals surface area contributed by atoms with E-state index in [2.05, 4.69) is 5.32 Å². The molecule has 1 aliphatic heterocycles. The molecule has 0 unspecified atom stereocenters. The Balaban J connectivity index is 0.000000845. The summed E-state index contributed by atoms with van der Waals surface area (Å²) < 4.78 is 0. The predicted octanol–water partition coefficient (Wildman–Crippen LogP) is -0.951. The Morgan fingerprint density at radius 1 is 1.46 bits per heavy atom. The highest BCUT2D eigenvalue weighted by Gasteiger charge is 2.17. The van der Waals surface area contributed by atoms with E-state index in [4.69, 9.17) is 0 Å². The second kappa shape index (κ2) is 3.53. The number of fused-ring (bicyclic) bond motifs is 1. The largest absolute Gasteiger partial charge is 0.630 e. The number of hydrogen-bond acceptors (Lipinski definition) is 2. The summed E-state index contributed by atoms with van der Waals surface area (Å²) in [6.07, 6.45) is 0.386. The molecule has 0 bridgehead atoms. The van der Waals surface area contributed by atoms with Crippen molar-refractivity contribution in [1.29, 1.82) is 0 Å². The molecule has 0 aliphatic carbocycles. The minimum absolute atomic E-state index is 0. The maximum absolute atomic E-state index is 10.9. The normalized spacial score (nSPS) is 13.2. The molecular weight excluding hydrogens is 172 g/mol. The molecule has 2 rings (SSSR count). The van der Waals surface area contributed by atoms with Crippen molar-refractivity contribution in [2.75, 3.05) is 5.32 Å². The van der Waals surface area contributed by atoms with Gasteiger partial charge in [-0.25, -0.2) is 0 Å². The van der Waals surface area contributed by atoms with E-state index in [1.807, 2.05) is 0 Å². The van der Waals surface area contributed by atoms with E-state index < -0.39 is 0 Å². The number of amides is 1. The monoisotopic (exact) mass is 182 g/mol. The number of nitrogens with two attached hydrogens (primary N) is 1. The van der Waals surface area contributed by atoms with E-state index in [0.717, 1.165) is 16.7 Å². The summed E-state index contributed by atoms with van der Waals surface area (Å²) >= 11 is 0. The number of carbonyl (C=O) groups is 1. The summed E-state index contributed by atoms with van der Waals surface area (Å²) in [7, 11) is 0. The van der Waals surface area contributed by atoms with Crippen LogP contribution in [-0.4, -0.2) is 11.4 Å². The molecule has 0 fully saturated rings. The number of nitrogens with one attached hydrogen (secondary N) is 1. The van der Waals surface area contributed by atoms with E-state index >= 15 is 0 Å². The number of hydrogen-bond donors (Lipinski definition) is 2. The SMILES string of the molecule is O.O=C1Cc2cc([NH2+][O-])ccc2N1. The molecule has 0 atom stereocenters. The minimum Gasteiger partial charge on any atom is -0.630 e. The first kappa shape index (κ1) is 9.66. The van der Waals surface area contributed by atoms with Crippen molar-refractivity contribution < 1.29 is 15.8 Å². The van der Waals surface area contributed by atoms with Crippen LogP contribution in [0.5, 0.6) is 0 Å². The highest BCUT2D eigenvalue weighted by molar-refractivity contribution is 5.99. The minimum atomic E-state index is -0.00644. The Kier molecular flexibility index (Phi) is 2.62. The van der Waals surface area contributed by atoms with Crippen LogP contribution in [0.1, 0.15) is 5.56 Å². The molecule has 5 N–H and O–H groups in total. The van der Waals surface area contributed by atoms with Crippen LogP contribution in [0.3, 0.4) is 0 Å². The highest BCUT2D eigenvalue weighted by atomic mass is 16.5. The molecule has 70 valence electrons. The van der Waals surface area contributed by atoms with Crippen LogP contribution in [0.15, 0.2) is 18.2 Å². The molecule has 0 aromatic heterocycles. The average Bonchev–Trinajstić information content (AvgIpc) is 2.43. The molecule has 13 heavy (non-hydrogen) atoms. The first-order chi connectivity index (χ1) is 5.79. The van der Waals surface area contributed by atoms with Crippen molar-refractivity contribution in [1.82, 2.24) is 0 Å². The lowest BCUT2D eigenvalue weighted by atomic mass is 10.1. The van der Waals surface area contributed by atoms with Crippen molar-refractivity contribution >= 4 is 17.3 Å². The molecule has 5 nitrogen and oxygen atoms in total. The van der Waals surface area contributed by atoms with Gasteiger partial charge in [-0.15, -0.1) is 0 Å². The zero-order chi connectivity index (χ0) is 8.55. The summed E-state index contributed by atoms with van der Waals surface area (Å²) in [6.45, 7) is 0. The lowest BCUT2D eigenvalue weighted by molar-refractivity contribution is -0.497. The molecule has 1 aromatic carbocycles. The van der Waals surface area contributed by atoms with Gasteiger partial charge in [0.1, 0.15) is 5.69 Å². The van der Waals surface area contributed by atoms with E-state index in [9.17, 15) is 10.0 Å². The van der Waals surface area contributed by atoms with Crippen LogP contribution in [0.4, 0.5) is 11.4 Å². The second-order valence-electron chi connectivity index (χ2n) is 2.76. The lowest BCUT2D eigenvalue weighted by Crippen LogP contribution is -2.70. The highest BCUT2D eigenvalue weighted by Crippen LogP contribution is 2.23. The Morgan fingerprint density at radius 3 is 2.92 bits per heavy atom. The van der Waals surface area contributed by atoms with Crippen LogP contribution in [0.2, 0.25) is 0 Å². The van der Waals surface area contributed by atoms with Gasteiger partial charge in [0, 0.05) is 17.8 Å². The standard InChI is InChI=1S/C8H8N2O2.H2O/c11-8-4-5-3-6(10-12)1-2-7(5)9-8;/h1-3H,4,10H2,(H,9,11);1H2. The zero-order valence-electron chi connectivity index (χ0n) is 6.83. The Hall–Kier alpha value is -1.43. The van der Waals surface area contributed by atoms with Crippen LogP contribution in [0, 0.1) is 5.21 Å². The number of quaternary nitrogens is 1. The van der Waals surface area contributed by atoms with Crippen LogP contribution in [0.25, 0.3) is 0 Å². The first-order valence-electron chi connectivity index (χ1n) is 3.67. The molecule has 0 saturated heterocycles. The maximum atomic E-state index is 10.9. The maximum Gasteiger partial charge on any atom is 0.228 e. The predicted molar refractivity (Wildman–Crippen MR) is 47.3 cm³/mol. The van der Waals surface area contributed by atoms with Gasteiger partial charge in [0.15, 0.2) is 0 Å². The Labute approximate surface area is 74.6 Å². The molecule has 0 saturated carbocycles. The fourth-order valence-electron chi connectivity index (χ4n) is 1.32. The smallest absolute Gasteiger partial charge is 0.228 e. The van der Waals surface area contributed by atoms with Gasteiger partial charge in [-0.1, -0.05) is 0 Å². The van der Waals surface area contributed by atoms with Gasteiger partial charge in [-0.05, 0) is 11.6 Å². The molecule has 1 aliphatic rings. The summed E-state index contributed by atoms with van der Waals surface area (Å²) in [5.41, 5.74) is 3.13. The van der Waals surface area contributed by atoms with Crippen molar-refractivity contribution in [2.45, 2.75) is 6.42 Å². The summed E-state index contributed by atoms with van der Waals surface area (Å²) in [6, 6.07) is 5.18. The average molecular weight is 182 g/mol. The van der Waals surface area contributed by atoms with Gasteiger partial charge >= 0.3 is 0 Å². The molecule has 5 heteroatoms. The number of rotatable bonds is 1. The summed E-state index contributed by atoms with van der Waals surface area (Å²) in [5, 5.41) is 13.1. The summed E-state index contributed by atoms with van der Waals surface area (Å²) in [4.78, 5) is 10.9. The fourth-order valence-corrected chi connectivity index (χ4v) is 1.32. The van der Waals surface area contributed by atoms with Crippen LogP contribution in [-0.2, 0) is 11.2 Å². The van der Waals surface area contributed by atoms with Crippen LogP contribution >= 0.6 is 0 Å². The molecule has 1 amide bonds. The second-order valence-corrected chi connectivity index (χ2v) is 2.76.